The van der Waals surface area contributed by atoms with Crippen molar-refractivity contribution in [1.29, 1.82) is 0 Å². The second-order valence-electron chi connectivity index (χ2n) is 3.57. The molecule has 0 radical (unpaired) electrons. The summed E-state index contributed by atoms with van der Waals surface area (Å²) < 4.78 is 1.18. The van der Waals surface area contributed by atoms with E-state index in [9.17, 15) is 0 Å². The van der Waals surface area contributed by atoms with Crippen molar-refractivity contribution >= 4 is 38.6 Å². The highest BCUT2D eigenvalue weighted by Gasteiger charge is 2.13. The maximum atomic E-state index is 6.21. The summed E-state index contributed by atoms with van der Waals surface area (Å²) in [5.74, 6) is 0. The molecular formula is C11H12BrNS2. The summed E-state index contributed by atoms with van der Waals surface area (Å²) in [5.41, 5.74) is 8.68. The third kappa shape index (κ3) is 2.33. The number of thiophene rings is 2. The average molecular weight is 302 g/mol. The molecule has 0 fully saturated rings. The summed E-state index contributed by atoms with van der Waals surface area (Å²) in [6.07, 6.45) is 0. The molecule has 4 heteroatoms. The van der Waals surface area contributed by atoms with Gasteiger partial charge in [-0.15, -0.1) is 22.7 Å². The van der Waals surface area contributed by atoms with Gasteiger partial charge in [-0.3, -0.25) is 0 Å². The molecule has 1 nitrogen and oxygen atoms in total. The van der Waals surface area contributed by atoms with E-state index in [0.717, 1.165) is 0 Å². The van der Waals surface area contributed by atoms with Crippen LogP contribution in [0.1, 0.15) is 26.9 Å². The SMILES string of the molecule is Cc1cc(C(N)c2cc(C)c(Br)s2)cs1. The number of aryl methyl sites for hydroxylation is 2. The van der Waals surface area contributed by atoms with Gasteiger partial charge in [0, 0.05) is 9.75 Å². The number of hydrogen-bond donors (Lipinski definition) is 1. The third-order valence-corrected chi connectivity index (χ3v) is 5.39. The molecule has 0 aliphatic rings. The molecule has 0 amide bonds. The number of halogens is 1. The summed E-state index contributed by atoms with van der Waals surface area (Å²) in [7, 11) is 0. The van der Waals surface area contributed by atoms with Gasteiger partial charge in [0.2, 0.25) is 0 Å². The zero-order chi connectivity index (χ0) is 11.0. The van der Waals surface area contributed by atoms with Crippen LogP contribution < -0.4 is 5.73 Å². The predicted octanol–water partition coefficient (Wildman–Crippen LogP) is 4.24. The Labute approximate surface area is 106 Å². The summed E-state index contributed by atoms with van der Waals surface area (Å²) >= 11 is 7.00. The minimum atomic E-state index is 0.0185. The van der Waals surface area contributed by atoms with Gasteiger partial charge < -0.3 is 5.73 Å². The van der Waals surface area contributed by atoms with E-state index in [2.05, 4.69) is 47.3 Å². The lowest BCUT2D eigenvalue weighted by atomic mass is 10.1. The molecule has 0 aromatic carbocycles. The van der Waals surface area contributed by atoms with E-state index in [-0.39, 0.29) is 6.04 Å². The van der Waals surface area contributed by atoms with Crippen LogP contribution in [-0.2, 0) is 0 Å². The van der Waals surface area contributed by atoms with Crippen LogP contribution in [0.2, 0.25) is 0 Å². The average Bonchev–Trinajstić information content (AvgIpc) is 2.74. The van der Waals surface area contributed by atoms with E-state index in [4.69, 9.17) is 5.73 Å². The molecule has 1 unspecified atom stereocenters. The molecular weight excluding hydrogens is 290 g/mol. The van der Waals surface area contributed by atoms with Gasteiger partial charge in [-0.2, -0.15) is 0 Å². The van der Waals surface area contributed by atoms with Crippen LogP contribution in [0.4, 0.5) is 0 Å². The van der Waals surface area contributed by atoms with Gasteiger partial charge in [0.1, 0.15) is 0 Å². The van der Waals surface area contributed by atoms with Gasteiger partial charge in [-0.1, -0.05) is 0 Å². The first-order valence-electron chi connectivity index (χ1n) is 4.64. The fourth-order valence-electron chi connectivity index (χ4n) is 1.43. The zero-order valence-electron chi connectivity index (χ0n) is 8.58. The monoisotopic (exact) mass is 301 g/mol. The Morgan fingerprint density at radius 1 is 1.33 bits per heavy atom. The van der Waals surface area contributed by atoms with Crippen LogP contribution >= 0.6 is 38.6 Å². The van der Waals surface area contributed by atoms with Gasteiger partial charge in [0.25, 0.3) is 0 Å². The number of nitrogens with two attached hydrogens (primary N) is 1. The van der Waals surface area contributed by atoms with Gasteiger partial charge in [0.05, 0.1) is 9.83 Å². The first-order valence-corrected chi connectivity index (χ1v) is 7.13. The Kier molecular flexibility index (Phi) is 3.30. The van der Waals surface area contributed by atoms with Crippen molar-refractivity contribution in [2.75, 3.05) is 0 Å². The Balaban J connectivity index is 2.31. The molecule has 80 valence electrons. The van der Waals surface area contributed by atoms with Gasteiger partial charge in [0.15, 0.2) is 0 Å². The van der Waals surface area contributed by atoms with E-state index in [0.29, 0.717) is 0 Å². The molecule has 0 bridgehead atoms. The molecule has 2 aromatic rings. The van der Waals surface area contributed by atoms with Gasteiger partial charge in [-0.25, -0.2) is 0 Å². The first kappa shape index (κ1) is 11.3. The highest BCUT2D eigenvalue weighted by molar-refractivity contribution is 9.11. The molecule has 2 N–H and O–H groups in total. The molecule has 0 saturated carbocycles. The third-order valence-electron chi connectivity index (χ3n) is 2.29. The summed E-state index contributed by atoms with van der Waals surface area (Å²) in [6, 6.07) is 4.34. The lowest BCUT2D eigenvalue weighted by Crippen LogP contribution is -2.08. The van der Waals surface area contributed by atoms with Crippen molar-refractivity contribution in [2.45, 2.75) is 19.9 Å². The van der Waals surface area contributed by atoms with Crippen molar-refractivity contribution in [1.82, 2.24) is 0 Å². The first-order chi connectivity index (χ1) is 7.08. The Morgan fingerprint density at radius 2 is 2.07 bits per heavy atom. The predicted molar refractivity (Wildman–Crippen MR) is 71.8 cm³/mol. The van der Waals surface area contributed by atoms with Crippen LogP contribution in [0.3, 0.4) is 0 Å². The van der Waals surface area contributed by atoms with E-state index in [1.807, 2.05) is 0 Å². The molecule has 2 heterocycles. The molecule has 0 aliphatic carbocycles. The molecule has 1 atom stereocenters. The lowest BCUT2D eigenvalue weighted by molar-refractivity contribution is 0.898. The Hall–Kier alpha value is -0.160. The van der Waals surface area contributed by atoms with E-state index in [1.165, 1.54) is 24.7 Å². The van der Waals surface area contributed by atoms with E-state index < -0.39 is 0 Å². The van der Waals surface area contributed by atoms with Crippen molar-refractivity contribution in [3.63, 3.8) is 0 Å². The molecule has 0 aliphatic heterocycles. The molecule has 0 saturated heterocycles. The molecule has 2 rings (SSSR count). The highest BCUT2D eigenvalue weighted by Crippen LogP contribution is 2.34. The second-order valence-corrected chi connectivity index (χ2v) is 7.09. The molecule has 2 aromatic heterocycles. The summed E-state index contributed by atoms with van der Waals surface area (Å²) in [4.78, 5) is 2.53. The van der Waals surface area contributed by atoms with Crippen molar-refractivity contribution in [3.8, 4) is 0 Å². The minimum absolute atomic E-state index is 0.0185. The minimum Gasteiger partial charge on any atom is -0.320 e. The second kappa shape index (κ2) is 4.37. The van der Waals surface area contributed by atoms with Crippen molar-refractivity contribution in [3.05, 3.63) is 42.2 Å². The Bertz CT molecular complexity index is 453. The normalized spacial score (nSPS) is 13.1. The fraction of sp³-hybridized carbons (Fsp3) is 0.273. The number of hydrogen-bond acceptors (Lipinski definition) is 3. The Morgan fingerprint density at radius 3 is 2.53 bits per heavy atom. The smallest absolute Gasteiger partial charge is 0.0731 e. The van der Waals surface area contributed by atoms with Crippen LogP contribution in [0.15, 0.2) is 21.3 Å². The lowest BCUT2D eigenvalue weighted by Gasteiger charge is -2.06. The highest BCUT2D eigenvalue weighted by atomic mass is 79.9. The van der Waals surface area contributed by atoms with Gasteiger partial charge in [-0.05, 0) is 58.4 Å². The maximum Gasteiger partial charge on any atom is 0.0731 e. The van der Waals surface area contributed by atoms with Crippen LogP contribution in [0, 0.1) is 13.8 Å². The van der Waals surface area contributed by atoms with Crippen molar-refractivity contribution in [2.24, 2.45) is 5.73 Å². The maximum absolute atomic E-state index is 6.21. The van der Waals surface area contributed by atoms with Crippen molar-refractivity contribution < 1.29 is 0 Å². The largest absolute Gasteiger partial charge is 0.320 e. The van der Waals surface area contributed by atoms with Crippen LogP contribution in [0.25, 0.3) is 0 Å². The summed E-state index contributed by atoms with van der Waals surface area (Å²) in [5, 5.41) is 2.14. The molecule has 0 spiro atoms. The number of rotatable bonds is 2. The van der Waals surface area contributed by atoms with E-state index >= 15 is 0 Å². The van der Waals surface area contributed by atoms with Crippen LogP contribution in [-0.4, -0.2) is 0 Å². The van der Waals surface area contributed by atoms with Crippen LogP contribution in [0.5, 0.6) is 0 Å². The van der Waals surface area contributed by atoms with E-state index in [1.54, 1.807) is 22.7 Å². The topological polar surface area (TPSA) is 26.0 Å². The fourth-order valence-corrected chi connectivity index (χ4v) is 3.77. The zero-order valence-corrected chi connectivity index (χ0v) is 11.8. The standard InChI is InChI=1S/C11H12BrNS2/c1-6-3-9(15-11(6)12)10(13)8-4-7(2)14-5-8/h3-5,10H,13H2,1-2H3. The quantitative estimate of drug-likeness (QED) is 0.882. The van der Waals surface area contributed by atoms with Gasteiger partial charge >= 0.3 is 0 Å². The summed E-state index contributed by atoms with van der Waals surface area (Å²) in [6.45, 7) is 4.20. The molecule has 15 heavy (non-hydrogen) atoms.